The van der Waals surface area contributed by atoms with E-state index in [1.54, 1.807) is 29.9 Å². The molecule has 3 rings (SSSR count). The molecule has 2 aromatic rings. The predicted octanol–water partition coefficient (Wildman–Crippen LogP) is 0.714. The third-order valence-corrected chi connectivity index (χ3v) is 4.46. The minimum absolute atomic E-state index is 0.168. The Morgan fingerprint density at radius 1 is 1.26 bits per heavy atom. The minimum Gasteiger partial charge on any atom is -0.352 e. The van der Waals surface area contributed by atoms with Crippen LogP contribution in [0.5, 0.6) is 0 Å². The molecule has 122 valence electrons. The molecule has 8 heteroatoms. The summed E-state index contributed by atoms with van der Waals surface area (Å²) in [5, 5.41) is 2.01. The van der Waals surface area contributed by atoms with Gasteiger partial charge in [-0.1, -0.05) is 0 Å². The Bertz CT molecular complexity index is 612. The number of hydrogen-bond donors (Lipinski definition) is 0. The number of carbonyl (C=O) groups is 1. The molecule has 23 heavy (non-hydrogen) atoms. The van der Waals surface area contributed by atoms with Crippen LogP contribution in [0, 0.1) is 0 Å². The molecule has 0 atom stereocenters. The van der Waals surface area contributed by atoms with Crippen molar-refractivity contribution in [1.82, 2.24) is 24.8 Å². The predicted molar refractivity (Wildman–Crippen MR) is 89.3 cm³/mol. The molecule has 1 amide bonds. The van der Waals surface area contributed by atoms with E-state index < -0.39 is 0 Å². The van der Waals surface area contributed by atoms with Crippen molar-refractivity contribution in [3.63, 3.8) is 0 Å². The van der Waals surface area contributed by atoms with Gasteiger partial charge in [0.05, 0.1) is 23.9 Å². The Labute approximate surface area is 139 Å². The van der Waals surface area contributed by atoms with E-state index in [-0.39, 0.29) is 5.91 Å². The van der Waals surface area contributed by atoms with Gasteiger partial charge in [0.2, 0.25) is 5.91 Å². The first kappa shape index (κ1) is 15.8. The van der Waals surface area contributed by atoms with Crippen LogP contribution >= 0.6 is 11.3 Å². The van der Waals surface area contributed by atoms with Gasteiger partial charge in [-0.2, -0.15) is 0 Å². The normalized spacial score (nSPS) is 15.2. The molecule has 0 aliphatic carbocycles. The van der Waals surface area contributed by atoms with Crippen molar-refractivity contribution in [2.24, 2.45) is 0 Å². The number of piperazine rings is 1. The third-order valence-electron chi connectivity index (χ3n) is 3.83. The van der Waals surface area contributed by atoms with Crippen molar-refractivity contribution in [3.8, 4) is 0 Å². The molecule has 1 fully saturated rings. The lowest BCUT2D eigenvalue weighted by Crippen LogP contribution is -2.51. The summed E-state index contributed by atoms with van der Waals surface area (Å²) < 4.78 is 0. The van der Waals surface area contributed by atoms with Gasteiger partial charge in [-0.25, -0.2) is 9.97 Å². The maximum Gasteiger partial charge on any atom is 0.236 e. The van der Waals surface area contributed by atoms with Crippen molar-refractivity contribution < 1.29 is 4.79 Å². The van der Waals surface area contributed by atoms with Gasteiger partial charge in [-0.15, -0.1) is 11.3 Å². The first-order valence-electron chi connectivity index (χ1n) is 7.57. The van der Waals surface area contributed by atoms with Crippen LogP contribution < -0.4 is 4.90 Å². The second-order valence-electron chi connectivity index (χ2n) is 5.58. The highest BCUT2D eigenvalue weighted by Crippen LogP contribution is 2.12. The fourth-order valence-electron chi connectivity index (χ4n) is 2.62. The van der Waals surface area contributed by atoms with Crippen LogP contribution in [-0.4, -0.2) is 70.4 Å². The zero-order valence-corrected chi connectivity index (χ0v) is 13.9. The summed E-state index contributed by atoms with van der Waals surface area (Å²) in [6.07, 6.45) is 5.13. The lowest BCUT2D eigenvalue weighted by molar-refractivity contribution is -0.132. The standard InChI is InChI=1S/C15H20N6OS/c1-19(9-13-11-23-12-18-13)10-15(22)21-6-4-20(5-7-21)14-8-16-2-3-17-14/h2-3,8,11-12H,4-7,9-10H2,1H3. The molecule has 0 spiro atoms. The number of nitrogens with zero attached hydrogens (tertiary/aromatic N) is 6. The van der Waals surface area contributed by atoms with Gasteiger partial charge in [-0.3, -0.25) is 14.7 Å². The molecule has 0 bridgehead atoms. The van der Waals surface area contributed by atoms with E-state index >= 15 is 0 Å². The molecule has 0 saturated carbocycles. The van der Waals surface area contributed by atoms with E-state index in [4.69, 9.17) is 0 Å². The van der Waals surface area contributed by atoms with Gasteiger partial charge < -0.3 is 9.80 Å². The quantitative estimate of drug-likeness (QED) is 0.804. The first-order chi connectivity index (χ1) is 11.2. The molecule has 1 saturated heterocycles. The largest absolute Gasteiger partial charge is 0.352 e. The second kappa shape index (κ2) is 7.47. The Morgan fingerprint density at radius 2 is 2.09 bits per heavy atom. The number of amides is 1. The van der Waals surface area contributed by atoms with Crippen molar-refractivity contribution in [3.05, 3.63) is 35.2 Å². The van der Waals surface area contributed by atoms with Crippen molar-refractivity contribution in [2.45, 2.75) is 6.54 Å². The number of thiazole rings is 1. The summed E-state index contributed by atoms with van der Waals surface area (Å²) in [5.74, 6) is 1.04. The van der Waals surface area contributed by atoms with Crippen LogP contribution in [0.15, 0.2) is 29.5 Å². The van der Waals surface area contributed by atoms with Crippen LogP contribution in [0.1, 0.15) is 5.69 Å². The SMILES string of the molecule is CN(CC(=O)N1CCN(c2cnccn2)CC1)Cc1cscn1. The molecule has 0 radical (unpaired) electrons. The molecule has 3 heterocycles. The average molecular weight is 332 g/mol. The second-order valence-corrected chi connectivity index (χ2v) is 6.30. The molecular formula is C15H20N6OS. The van der Waals surface area contributed by atoms with Crippen molar-refractivity contribution in [1.29, 1.82) is 0 Å². The van der Waals surface area contributed by atoms with Crippen LogP contribution in [0.25, 0.3) is 0 Å². The topological polar surface area (TPSA) is 65.5 Å². The molecule has 0 aromatic carbocycles. The molecule has 2 aromatic heterocycles. The number of aromatic nitrogens is 3. The van der Waals surface area contributed by atoms with Crippen LogP contribution in [-0.2, 0) is 11.3 Å². The molecule has 1 aliphatic rings. The zero-order valence-electron chi connectivity index (χ0n) is 13.1. The maximum atomic E-state index is 12.4. The van der Waals surface area contributed by atoms with Crippen molar-refractivity contribution >= 4 is 23.1 Å². The van der Waals surface area contributed by atoms with Gasteiger partial charge >= 0.3 is 0 Å². The summed E-state index contributed by atoms with van der Waals surface area (Å²) in [4.78, 5) is 31.1. The van der Waals surface area contributed by atoms with E-state index in [2.05, 4.69) is 19.9 Å². The number of hydrogen-bond acceptors (Lipinski definition) is 7. The molecule has 7 nitrogen and oxygen atoms in total. The van der Waals surface area contributed by atoms with E-state index in [9.17, 15) is 4.79 Å². The highest BCUT2D eigenvalue weighted by molar-refractivity contribution is 7.07. The fourth-order valence-corrected chi connectivity index (χ4v) is 3.17. The number of likely N-dealkylation sites (N-methyl/N-ethyl adjacent to an activating group) is 1. The molecule has 1 aliphatic heterocycles. The van der Waals surface area contributed by atoms with Gasteiger partial charge in [0.15, 0.2) is 0 Å². The highest BCUT2D eigenvalue weighted by Gasteiger charge is 2.22. The number of anilines is 1. The monoisotopic (exact) mass is 332 g/mol. The summed E-state index contributed by atoms with van der Waals surface area (Å²) in [6, 6.07) is 0. The van der Waals surface area contributed by atoms with E-state index in [0.717, 1.165) is 37.7 Å². The number of rotatable bonds is 5. The summed E-state index contributed by atoms with van der Waals surface area (Å²) in [5.41, 5.74) is 2.83. The lowest BCUT2D eigenvalue weighted by atomic mass is 10.3. The third kappa shape index (κ3) is 4.23. The van der Waals surface area contributed by atoms with Crippen molar-refractivity contribution in [2.75, 3.05) is 44.7 Å². The lowest BCUT2D eigenvalue weighted by Gasteiger charge is -2.35. The maximum absolute atomic E-state index is 12.4. The van der Waals surface area contributed by atoms with Crippen LogP contribution in [0.3, 0.4) is 0 Å². The minimum atomic E-state index is 0.168. The zero-order chi connectivity index (χ0) is 16.1. The van der Waals surface area contributed by atoms with Crippen LogP contribution in [0.2, 0.25) is 0 Å². The van der Waals surface area contributed by atoms with Gasteiger partial charge in [0.25, 0.3) is 0 Å². The molecule has 0 unspecified atom stereocenters. The Morgan fingerprint density at radius 3 is 2.74 bits per heavy atom. The van der Waals surface area contributed by atoms with Gasteiger partial charge in [0, 0.05) is 50.5 Å². The Balaban J connectivity index is 1.46. The van der Waals surface area contributed by atoms with E-state index in [1.807, 2.05) is 27.7 Å². The Kier molecular flexibility index (Phi) is 5.14. The smallest absolute Gasteiger partial charge is 0.236 e. The highest BCUT2D eigenvalue weighted by atomic mass is 32.1. The van der Waals surface area contributed by atoms with Gasteiger partial charge in [0.1, 0.15) is 5.82 Å². The van der Waals surface area contributed by atoms with E-state index in [0.29, 0.717) is 13.1 Å². The fraction of sp³-hybridized carbons (Fsp3) is 0.467. The van der Waals surface area contributed by atoms with Crippen LogP contribution in [0.4, 0.5) is 5.82 Å². The number of carbonyl (C=O) groups excluding carboxylic acids is 1. The Hall–Kier alpha value is -2.06. The summed E-state index contributed by atoms with van der Waals surface area (Å²) in [6.45, 7) is 4.15. The average Bonchev–Trinajstić information content (AvgIpc) is 3.08. The summed E-state index contributed by atoms with van der Waals surface area (Å²) in [7, 11) is 1.95. The van der Waals surface area contributed by atoms with E-state index in [1.165, 1.54) is 0 Å². The first-order valence-corrected chi connectivity index (χ1v) is 8.51. The molecular weight excluding hydrogens is 312 g/mol. The van der Waals surface area contributed by atoms with Gasteiger partial charge in [-0.05, 0) is 7.05 Å². The molecule has 0 N–H and O–H groups in total. The summed E-state index contributed by atoms with van der Waals surface area (Å²) >= 11 is 1.58.